The first-order chi connectivity index (χ1) is 11.4. The number of hydrogen-bond donors (Lipinski definition) is 1. The van der Waals surface area contributed by atoms with Gasteiger partial charge in [0.1, 0.15) is 18.2 Å². The van der Waals surface area contributed by atoms with Crippen LogP contribution in [-0.2, 0) is 16.1 Å². The summed E-state index contributed by atoms with van der Waals surface area (Å²) in [6.45, 7) is 3.12. The Morgan fingerprint density at radius 2 is 1.88 bits per heavy atom. The maximum Gasteiger partial charge on any atom is 0.240 e. The van der Waals surface area contributed by atoms with E-state index >= 15 is 0 Å². The number of amides is 2. The van der Waals surface area contributed by atoms with E-state index in [0.717, 1.165) is 28.2 Å². The molecule has 0 aliphatic rings. The molecule has 0 atom stereocenters. The maximum atomic E-state index is 13.8. The van der Waals surface area contributed by atoms with Crippen molar-refractivity contribution in [3.8, 4) is 0 Å². The summed E-state index contributed by atoms with van der Waals surface area (Å²) in [5.41, 5.74) is 1.86. The summed E-state index contributed by atoms with van der Waals surface area (Å²) >= 11 is 0. The third kappa shape index (κ3) is 4.62. The van der Waals surface area contributed by atoms with Crippen LogP contribution in [0.2, 0.25) is 0 Å². The van der Waals surface area contributed by atoms with Crippen molar-refractivity contribution >= 4 is 17.5 Å². The van der Waals surface area contributed by atoms with Crippen molar-refractivity contribution in [1.29, 1.82) is 0 Å². The molecule has 0 radical (unpaired) electrons. The van der Waals surface area contributed by atoms with Crippen molar-refractivity contribution in [2.75, 3.05) is 11.4 Å². The molecule has 0 fully saturated rings. The van der Waals surface area contributed by atoms with Gasteiger partial charge < -0.3 is 10.2 Å². The number of carbonyl (C=O) groups is 2. The lowest BCUT2D eigenvalue weighted by Crippen LogP contribution is -2.40. The SMILES string of the molecule is CC(=O)N(CC(=O)NCc1cccc(C)c1)c1ccc(F)cc1F. The molecule has 2 aromatic carbocycles. The molecule has 0 aliphatic heterocycles. The van der Waals surface area contributed by atoms with E-state index in [1.54, 1.807) is 0 Å². The minimum Gasteiger partial charge on any atom is -0.350 e. The van der Waals surface area contributed by atoms with Gasteiger partial charge in [0.15, 0.2) is 0 Å². The van der Waals surface area contributed by atoms with Crippen molar-refractivity contribution in [2.45, 2.75) is 20.4 Å². The summed E-state index contributed by atoms with van der Waals surface area (Å²) < 4.78 is 26.8. The molecule has 1 N–H and O–H groups in total. The molecular formula is C18H18F2N2O2. The van der Waals surface area contributed by atoms with Crippen molar-refractivity contribution in [3.05, 3.63) is 65.2 Å². The quantitative estimate of drug-likeness (QED) is 0.915. The fraction of sp³-hybridized carbons (Fsp3) is 0.222. The summed E-state index contributed by atoms with van der Waals surface area (Å²) in [5, 5.41) is 2.68. The van der Waals surface area contributed by atoms with E-state index in [4.69, 9.17) is 0 Å². The van der Waals surface area contributed by atoms with Gasteiger partial charge in [0, 0.05) is 19.5 Å². The molecule has 126 valence electrons. The molecule has 0 saturated carbocycles. The summed E-state index contributed by atoms with van der Waals surface area (Å²) in [6.07, 6.45) is 0. The van der Waals surface area contributed by atoms with Gasteiger partial charge in [-0.3, -0.25) is 9.59 Å². The normalized spacial score (nSPS) is 10.3. The van der Waals surface area contributed by atoms with E-state index in [0.29, 0.717) is 12.6 Å². The summed E-state index contributed by atoms with van der Waals surface area (Å²) in [6, 6.07) is 10.5. The smallest absolute Gasteiger partial charge is 0.240 e. The Bertz CT molecular complexity index is 762. The van der Waals surface area contributed by atoms with Gasteiger partial charge in [0.25, 0.3) is 0 Å². The van der Waals surface area contributed by atoms with Crippen LogP contribution in [0.25, 0.3) is 0 Å². The average Bonchev–Trinajstić information content (AvgIpc) is 2.51. The van der Waals surface area contributed by atoms with Crippen LogP contribution in [0, 0.1) is 18.6 Å². The zero-order valence-corrected chi connectivity index (χ0v) is 13.5. The molecule has 2 aromatic rings. The number of hydrogen-bond acceptors (Lipinski definition) is 2. The second-order valence-corrected chi connectivity index (χ2v) is 5.47. The highest BCUT2D eigenvalue weighted by Gasteiger charge is 2.19. The van der Waals surface area contributed by atoms with Crippen LogP contribution in [0.15, 0.2) is 42.5 Å². The molecule has 24 heavy (non-hydrogen) atoms. The first-order valence-electron chi connectivity index (χ1n) is 7.42. The Balaban J connectivity index is 2.05. The lowest BCUT2D eigenvalue weighted by Gasteiger charge is -2.21. The second kappa shape index (κ2) is 7.68. The zero-order chi connectivity index (χ0) is 17.7. The lowest BCUT2D eigenvalue weighted by molar-refractivity contribution is -0.123. The molecule has 0 spiro atoms. The number of rotatable bonds is 5. The van der Waals surface area contributed by atoms with Crippen molar-refractivity contribution in [2.24, 2.45) is 0 Å². The van der Waals surface area contributed by atoms with Gasteiger partial charge in [0.05, 0.1) is 5.69 Å². The predicted molar refractivity (Wildman–Crippen MR) is 87.4 cm³/mol. The molecule has 0 unspecified atom stereocenters. The molecule has 6 heteroatoms. The number of anilines is 1. The van der Waals surface area contributed by atoms with E-state index in [-0.39, 0.29) is 12.2 Å². The van der Waals surface area contributed by atoms with E-state index in [9.17, 15) is 18.4 Å². The van der Waals surface area contributed by atoms with Crippen LogP contribution >= 0.6 is 0 Å². The van der Waals surface area contributed by atoms with Gasteiger partial charge in [-0.2, -0.15) is 0 Å². The molecular weight excluding hydrogens is 314 g/mol. The van der Waals surface area contributed by atoms with E-state index in [1.165, 1.54) is 6.92 Å². The Morgan fingerprint density at radius 3 is 2.50 bits per heavy atom. The van der Waals surface area contributed by atoms with Crippen LogP contribution < -0.4 is 10.2 Å². The number of nitrogens with zero attached hydrogens (tertiary/aromatic N) is 1. The maximum absolute atomic E-state index is 13.8. The van der Waals surface area contributed by atoms with Crippen LogP contribution in [0.3, 0.4) is 0 Å². The summed E-state index contributed by atoms with van der Waals surface area (Å²) in [7, 11) is 0. The number of aryl methyl sites for hydroxylation is 1. The number of nitrogens with one attached hydrogen (secondary N) is 1. The van der Waals surface area contributed by atoms with E-state index in [1.807, 2.05) is 31.2 Å². The minimum atomic E-state index is -0.892. The van der Waals surface area contributed by atoms with Crippen LogP contribution in [0.1, 0.15) is 18.1 Å². The standard InChI is InChI=1S/C18H18F2N2O2/c1-12-4-3-5-14(8-12)10-21-18(24)11-22(13(2)23)17-7-6-15(19)9-16(17)20/h3-9H,10-11H2,1-2H3,(H,21,24). The molecule has 2 amide bonds. The predicted octanol–water partition coefficient (Wildman–Crippen LogP) is 2.94. The van der Waals surface area contributed by atoms with Gasteiger partial charge in [-0.15, -0.1) is 0 Å². The molecule has 4 nitrogen and oxygen atoms in total. The second-order valence-electron chi connectivity index (χ2n) is 5.47. The first kappa shape index (κ1) is 17.6. The Kier molecular flexibility index (Phi) is 5.63. The lowest BCUT2D eigenvalue weighted by atomic mass is 10.1. The fourth-order valence-electron chi connectivity index (χ4n) is 2.29. The van der Waals surface area contributed by atoms with Crippen molar-refractivity contribution in [3.63, 3.8) is 0 Å². The number of benzene rings is 2. The average molecular weight is 332 g/mol. The fourth-order valence-corrected chi connectivity index (χ4v) is 2.29. The first-order valence-corrected chi connectivity index (χ1v) is 7.42. The van der Waals surface area contributed by atoms with Gasteiger partial charge in [-0.25, -0.2) is 8.78 Å². The van der Waals surface area contributed by atoms with Crippen LogP contribution in [0.4, 0.5) is 14.5 Å². The highest BCUT2D eigenvalue weighted by Crippen LogP contribution is 2.20. The van der Waals surface area contributed by atoms with Gasteiger partial charge >= 0.3 is 0 Å². The molecule has 0 bridgehead atoms. The van der Waals surface area contributed by atoms with Crippen molar-refractivity contribution in [1.82, 2.24) is 5.32 Å². The summed E-state index contributed by atoms with van der Waals surface area (Å²) in [4.78, 5) is 24.8. The van der Waals surface area contributed by atoms with Gasteiger partial charge in [-0.1, -0.05) is 29.8 Å². The van der Waals surface area contributed by atoms with Gasteiger partial charge in [0.2, 0.25) is 11.8 Å². The van der Waals surface area contributed by atoms with Gasteiger partial charge in [-0.05, 0) is 24.6 Å². The molecule has 0 heterocycles. The Labute approximate surface area is 139 Å². The van der Waals surface area contributed by atoms with Crippen LogP contribution in [-0.4, -0.2) is 18.4 Å². The molecule has 0 aromatic heterocycles. The number of carbonyl (C=O) groups excluding carboxylic acids is 2. The highest BCUT2D eigenvalue weighted by molar-refractivity contribution is 5.97. The Hall–Kier alpha value is -2.76. The molecule has 2 rings (SSSR count). The molecule has 0 aliphatic carbocycles. The monoisotopic (exact) mass is 332 g/mol. The third-order valence-electron chi connectivity index (χ3n) is 3.45. The topological polar surface area (TPSA) is 49.4 Å². The third-order valence-corrected chi connectivity index (χ3v) is 3.45. The summed E-state index contributed by atoms with van der Waals surface area (Å²) in [5.74, 6) is -2.58. The molecule has 0 saturated heterocycles. The Morgan fingerprint density at radius 1 is 1.12 bits per heavy atom. The highest BCUT2D eigenvalue weighted by atomic mass is 19.1. The zero-order valence-electron chi connectivity index (χ0n) is 13.5. The largest absolute Gasteiger partial charge is 0.350 e. The number of halogens is 2. The van der Waals surface area contributed by atoms with Crippen LogP contribution in [0.5, 0.6) is 0 Å². The van der Waals surface area contributed by atoms with E-state index in [2.05, 4.69) is 5.32 Å². The van der Waals surface area contributed by atoms with Crippen molar-refractivity contribution < 1.29 is 18.4 Å². The van der Waals surface area contributed by atoms with E-state index < -0.39 is 23.4 Å². The minimum absolute atomic E-state index is 0.130.